The number of aliphatic hydroxyl groups is 1. The number of alkyl carbamates (subject to hydrolysis) is 1. The number of rotatable bonds is 6. The van der Waals surface area contributed by atoms with Crippen LogP contribution in [0.15, 0.2) is 54.6 Å². The number of hydrogen-bond acceptors (Lipinski definition) is 4. The maximum Gasteiger partial charge on any atom is 0.407 e. The van der Waals surface area contributed by atoms with Gasteiger partial charge in [-0.1, -0.05) is 42.5 Å². The summed E-state index contributed by atoms with van der Waals surface area (Å²) in [4.78, 5) is 11.6. The molecule has 0 heterocycles. The largest absolute Gasteiger partial charge is 0.489 e. The van der Waals surface area contributed by atoms with Crippen molar-refractivity contribution >= 4 is 6.09 Å². The predicted octanol–water partition coefficient (Wildman–Crippen LogP) is 3.82. The first kappa shape index (κ1) is 18.8. The van der Waals surface area contributed by atoms with E-state index in [0.29, 0.717) is 12.2 Å². The topological polar surface area (TPSA) is 67.8 Å². The lowest BCUT2D eigenvalue weighted by Gasteiger charge is -2.20. The van der Waals surface area contributed by atoms with Gasteiger partial charge in [-0.05, 0) is 44.0 Å². The maximum absolute atomic E-state index is 11.6. The first-order valence-electron chi connectivity index (χ1n) is 8.25. The Labute approximate surface area is 148 Å². The molecule has 0 aliphatic rings. The minimum Gasteiger partial charge on any atom is -0.489 e. The zero-order valence-electron chi connectivity index (χ0n) is 14.9. The summed E-state index contributed by atoms with van der Waals surface area (Å²) < 4.78 is 10.8. The van der Waals surface area contributed by atoms with Crippen molar-refractivity contribution in [3.8, 4) is 5.75 Å². The molecule has 2 rings (SSSR count). The van der Waals surface area contributed by atoms with Crippen molar-refractivity contribution in [3.05, 3.63) is 65.7 Å². The molecule has 0 spiro atoms. The molecule has 0 aromatic heterocycles. The molecule has 1 amide bonds. The van der Waals surface area contributed by atoms with Gasteiger partial charge >= 0.3 is 6.09 Å². The van der Waals surface area contributed by atoms with Gasteiger partial charge in [0.15, 0.2) is 0 Å². The fraction of sp³-hybridized carbons (Fsp3) is 0.350. The summed E-state index contributed by atoms with van der Waals surface area (Å²) in [7, 11) is 0. The summed E-state index contributed by atoms with van der Waals surface area (Å²) in [5.74, 6) is 0.722. The maximum atomic E-state index is 11.6. The zero-order valence-corrected chi connectivity index (χ0v) is 14.9. The third-order valence-electron chi connectivity index (χ3n) is 3.35. The molecule has 5 nitrogen and oxygen atoms in total. The average Bonchev–Trinajstić information content (AvgIpc) is 2.58. The van der Waals surface area contributed by atoms with Gasteiger partial charge in [0.05, 0.1) is 12.6 Å². The van der Waals surface area contributed by atoms with Crippen molar-refractivity contribution in [1.82, 2.24) is 5.32 Å². The van der Waals surface area contributed by atoms with E-state index in [1.165, 1.54) is 0 Å². The standard InChI is InChI=1S/C20H25NO4/c1-20(2,3)25-19(23)21-13-18(22)16-9-11-17(12-10-16)24-14-15-7-5-4-6-8-15/h4-12,18,22H,13-14H2,1-3H3,(H,21,23). The van der Waals surface area contributed by atoms with Crippen LogP contribution < -0.4 is 10.1 Å². The summed E-state index contributed by atoms with van der Waals surface area (Å²) in [5.41, 5.74) is 1.23. The number of carbonyl (C=O) groups is 1. The number of amides is 1. The number of ether oxygens (including phenoxy) is 2. The van der Waals surface area contributed by atoms with Crippen LogP contribution in [-0.2, 0) is 11.3 Å². The first-order chi connectivity index (χ1) is 11.8. The smallest absolute Gasteiger partial charge is 0.407 e. The molecule has 0 bridgehead atoms. The van der Waals surface area contributed by atoms with E-state index in [1.807, 2.05) is 30.3 Å². The summed E-state index contributed by atoms with van der Waals surface area (Å²) >= 11 is 0. The average molecular weight is 343 g/mol. The van der Waals surface area contributed by atoms with E-state index in [4.69, 9.17) is 9.47 Å². The SMILES string of the molecule is CC(C)(C)OC(=O)NCC(O)c1ccc(OCc2ccccc2)cc1. The molecular weight excluding hydrogens is 318 g/mol. The van der Waals surface area contributed by atoms with Crippen LogP contribution in [0, 0.1) is 0 Å². The predicted molar refractivity (Wildman–Crippen MR) is 96.4 cm³/mol. The molecular formula is C20H25NO4. The molecule has 0 saturated heterocycles. The van der Waals surface area contributed by atoms with Gasteiger partial charge in [-0.25, -0.2) is 4.79 Å². The summed E-state index contributed by atoms with van der Waals surface area (Å²) in [6, 6.07) is 17.1. The minimum atomic E-state index is -0.810. The molecule has 2 aromatic rings. The Hall–Kier alpha value is -2.53. The number of benzene rings is 2. The molecule has 25 heavy (non-hydrogen) atoms. The molecule has 2 N–H and O–H groups in total. The second-order valence-corrected chi connectivity index (χ2v) is 6.74. The van der Waals surface area contributed by atoms with E-state index in [1.54, 1.807) is 45.0 Å². The summed E-state index contributed by atoms with van der Waals surface area (Å²) in [6.07, 6.45) is -1.36. The van der Waals surface area contributed by atoms with Gasteiger partial charge in [0.25, 0.3) is 0 Å². The van der Waals surface area contributed by atoms with E-state index in [2.05, 4.69) is 5.32 Å². The van der Waals surface area contributed by atoms with E-state index >= 15 is 0 Å². The van der Waals surface area contributed by atoms with E-state index in [0.717, 1.165) is 11.3 Å². The normalized spacial score (nSPS) is 12.3. The van der Waals surface area contributed by atoms with Gasteiger partial charge in [-0.2, -0.15) is 0 Å². The monoisotopic (exact) mass is 343 g/mol. The minimum absolute atomic E-state index is 0.0825. The van der Waals surface area contributed by atoms with Crippen LogP contribution in [0.1, 0.15) is 38.0 Å². The van der Waals surface area contributed by atoms with Gasteiger partial charge in [0.1, 0.15) is 18.0 Å². The second-order valence-electron chi connectivity index (χ2n) is 6.74. The number of carbonyl (C=O) groups excluding carboxylic acids is 1. The van der Waals surface area contributed by atoms with Crippen LogP contribution in [0.4, 0.5) is 4.79 Å². The van der Waals surface area contributed by atoms with Crippen LogP contribution in [-0.4, -0.2) is 23.3 Å². The van der Waals surface area contributed by atoms with E-state index < -0.39 is 17.8 Å². The first-order valence-corrected chi connectivity index (χ1v) is 8.25. The Kier molecular flexibility index (Phi) is 6.42. The van der Waals surface area contributed by atoms with Crippen molar-refractivity contribution in [2.24, 2.45) is 0 Å². The molecule has 0 fully saturated rings. The zero-order chi connectivity index (χ0) is 18.3. The molecule has 0 aliphatic carbocycles. The van der Waals surface area contributed by atoms with Crippen LogP contribution in [0.3, 0.4) is 0 Å². The van der Waals surface area contributed by atoms with Crippen LogP contribution in [0.2, 0.25) is 0 Å². The lowest BCUT2D eigenvalue weighted by atomic mass is 10.1. The molecule has 1 unspecified atom stereocenters. The number of nitrogens with one attached hydrogen (secondary N) is 1. The van der Waals surface area contributed by atoms with Gasteiger partial charge in [0, 0.05) is 0 Å². The van der Waals surface area contributed by atoms with Crippen molar-refractivity contribution in [3.63, 3.8) is 0 Å². The highest BCUT2D eigenvalue weighted by molar-refractivity contribution is 5.67. The third-order valence-corrected chi connectivity index (χ3v) is 3.35. The highest BCUT2D eigenvalue weighted by Gasteiger charge is 2.17. The fourth-order valence-electron chi connectivity index (χ4n) is 2.14. The quantitative estimate of drug-likeness (QED) is 0.836. The highest BCUT2D eigenvalue weighted by Crippen LogP contribution is 2.18. The van der Waals surface area contributed by atoms with Crippen molar-refractivity contribution in [2.75, 3.05) is 6.54 Å². The number of hydrogen-bond donors (Lipinski definition) is 2. The van der Waals surface area contributed by atoms with Gasteiger partial charge in [0.2, 0.25) is 0 Å². The molecule has 0 saturated carbocycles. The molecule has 0 aliphatic heterocycles. The Bertz CT molecular complexity index is 662. The van der Waals surface area contributed by atoms with Crippen molar-refractivity contribution in [2.45, 2.75) is 39.1 Å². The lowest BCUT2D eigenvalue weighted by Crippen LogP contribution is -2.34. The summed E-state index contributed by atoms with van der Waals surface area (Å²) in [6.45, 7) is 5.94. The van der Waals surface area contributed by atoms with Crippen LogP contribution >= 0.6 is 0 Å². The molecule has 134 valence electrons. The van der Waals surface area contributed by atoms with E-state index in [9.17, 15) is 9.90 Å². The molecule has 5 heteroatoms. The van der Waals surface area contributed by atoms with Crippen molar-refractivity contribution in [1.29, 1.82) is 0 Å². The van der Waals surface area contributed by atoms with Crippen molar-refractivity contribution < 1.29 is 19.4 Å². The summed E-state index contributed by atoms with van der Waals surface area (Å²) in [5, 5.41) is 12.7. The number of aliphatic hydroxyl groups excluding tert-OH is 1. The second kappa shape index (κ2) is 8.53. The van der Waals surface area contributed by atoms with Crippen LogP contribution in [0.5, 0.6) is 5.75 Å². The van der Waals surface area contributed by atoms with Crippen LogP contribution in [0.25, 0.3) is 0 Å². The third kappa shape index (κ3) is 6.85. The fourth-order valence-corrected chi connectivity index (χ4v) is 2.14. The van der Waals surface area contributed by atoms with E-state index in [-0.39, 0.29) is 6.54 Å². The Morgan fingerprint density at radius 3 is 2.32 bits per heavy atom. The molecule has 0 radical (unpaired) electrons. The molecule has 2 aromatic carbocycles. The van der Waals surface area contributed by atoms with Gasteiger partial charge in [-0.15, -0.1) is 0 Å². The Balaban J connectivity index is 1.81. The highest BCUT2D eigenvalue weighted by atomic mass is 16.6. The lowest BCUT2D eigenvalue weighted by molar-refractivity contribution is 0.0491. The molecule has 1 atom stereocenters. The Morgan fingerprint density at radius 1 is 1.08 bits per heavy atom. The Morgan fingerprint density at radius 2 is 1.72 bits per heavy atom. The van der Waals surface area contributed by atoms with Gasteiger partial charge in [-0.3, -0.25) is 0 Å². The van der Waals surface area contributed by atoms with Gasteiger partial charge < -0.3 is 19.9 Å².